The molecule has 0 heterocycles. The van der Waals surface area contributed by atoms with E-state index in [2.05, 4.69) is 5.32 Å². The molecule has 0 aromatic rings. The molecule has 0 rings (SSSR count). The fourth-order valence-electron chi connectivity index (χ4n) is 0.701. The van der Waals surface area contributed by atoms with E-state index < -0.39 is 17.7 Å². The van der Waals surface area contributed by atoms with Gasteiger partial charge in [0.15, 0.2) is 0 Å². The molecule has 0 fully saturated rings. The predicted octanol–water partition coefficient (Wildman–Crippen LogP) is 1.36. The Bertz CT molecular complexity index is 211. The Morgan fingerprint density at radius 1 is 1.64 bits per heavy atom. The Morgan fingerprint density at radius 3 is 2.57 bits per heavy atom. The zero-order valence-corrected chi connectivity index (χ0v) is 8.58. The summed E-state index contributed by atoms with van der Waals surface area (Å²) >= 11 is 0. The Labute approximate surface area is 82.8 Å². The second kappa shape index (κ2) is 5.59. The fourth-order valence-corrected chi connectivity index (χ4v) is 0.701. The van der Waals surface area contributed by atoms with Gasteiger partial charge in [-0.25, -0.2) is 9.18 Å². The minimum Gasteiger partial charge on any atom is -0.444 e. The van der Waals surface area contributed by atoms with E-state index in [1.54, 1.807) is 20.8 Å². The number of hydrogen-bond acceptors (Lipinski definition) is 3. The molecular weight excluding hydrogens is 189 g/mol. The van der Waals surface area contributed by atoms with E-state index in [9.17, 15) is 9.18 Å². The molecule has 0 aromatic heterocycles. The lowest BCUT2D eigenvalue weighted by Crippen LogP contribution is -2.39. The van der Waals surface area contributed by atoms with Crippen LogP contribution in [0.4, 0.5) is 9.18 Å². The van der Waals surface area contributed by atoms with E-state index in [1.807, 2.05) is 0 Å². The first-order valence-corrected chi connectivity index (χ1v) is 4.26. The second-order valence-corrected chi connectivity index (χ2v) is 3.75. The number of alkyl carbamates (subject to hydrolysis) is 1. The molecule has 5 heteroatoms. The fraction of sp³-hybridized carbons (Fsp3) is 0.667. The summed E-state index contributed by atoms with van der Waals surface area (Å²) in [5.74, 6) is 0. The summed E-state index contributed by atoms with van der Waals surface area (Å²) in [6.07, 6.45) is 0.608. The highest BCUT2D eigenvalue weighted by atomic mass is 19.1. The van der Waals surface area contributed by atoms with Gasteiger partial charge in [-0.1, -0.05) is 0 Å². The first-order chi connectivity index (χ1) is 6.39. The Morgan fingerprint density at radius 2 is 2.21 bits per heavy atom. The van der Waals surface area contributed by atoms with Crippen LogP contribution in [0.3, 0.4) is 0 Å². The number of aliphatic hydroxyl groups excluding tert-OH is 1. The molecule has 0 aliphatic carbocycles. The van der Waals surface area contributed by atoms with Crippen molar-refractivity contribution in [2.24, 2.45) is 0 Å². The van der Waals surface area contributed by atoms with Crippen molar-refractivity contribution in [3.05, 3.63) is 12.4 Å². The summed E-state index contributed by atoms with van der Waals surface area (Å²) in [5.41, 5.74) is -0.608. The molecule has 1 atom stereocenters. The van der Waals surface area contributed by atoms with Crippen LogP contribution < -0.4 is 5.32 Å². The molecule has 2 N–H and O–H groups in total. The van der Waals surface area contributed by atoms with E-state index in [0.717, 1.165) is 6.08 Å². The number of rotatable bonds is 3. The molecule has 82 valence electrons. The number of carbonyl (C=O) groups is 1. The molecule has 0 radical (unpaired) electrons. The van der Waals surface area contributed by atoms with Gasteiger partial charge in [-0.2, -0.15) is 0 Å². The van der Waals surface area contributed by atoms with Gasteiger partial charge in [-0.05, 0) is 26.8 Å². The van der Waals surface area contributed by atoms with Gasteiger partial charge in [-0.15, -0.1) is 0 Å². The van der Waals surface area contributed by atoms with Crippen molar-refractivity contribution in [3.63, 3.8) is 0 Å². The van der Waals surface area contributed by atoms with Gasteiger partial charge in [0.1, 0.15) is 5.60 Å². The molecule has 0 unspecified atom stereocenters. The summed E-state index contributed by atoms with van der Waals surface area (Å²) in [6, 6.07) is -0.755. The summed E-state index contributed by atoms with van der Waals surface area (Å²) in [4.78, 5) is 11.1. The minimum atomic E-state index is -0.755. The van der Waals surface area contributed by atoms with E-state index in [-0.39, 0.29) is 12.9 Å². The van der Waals surface area contributed by atoms with E-state index in [4.69, 9.17) is 9.84 Å². The largest absolute Gasteiger partial charge is 0.444 e. The third-order valence-corrected chi connectivity index (χ3v) is 1.20. The maximum atomic E-state index is 11.7. The van der Waals surface area contributed by atoms with Crippen molar-refractivity contribution >= 4 is 6.09 Å². The molecule has 0 saturated carbocycles. The van der Waals surface area contributed by atoms with Crippen LogP contribution in [0.2, 0.25) is 0 Å². The van der Waals surface area contributed by atoms with Gasteiger partial charge in [0.25, 0.3) is 0 Å². The number of amides is 1. The van der Waals surface area contributed by atoms with Crippen LogP contribution in [-0.4, -0.2) is 29.4 Å². The first-order valence-electron chi connectivity index (χ1n) is 4.26. The van der Waals surface area contributed by atoms with Crippen molar-refractivity contribution < 1.29 is 19.0 Å². The predicted molar refractivity (Wildman–Crippen MR) is 50.5 cm³/mol. The lowest BCUT2D eigenvalue weighted by molar-refractivity contribution is 0.0498. The molecule has 1 amide bonds. The zero-order valence-electron chi connectivity index (χ0n) is 8.58. The monoisotopic (exact) mass is 205 g/mol. The lowest BCUT2D eigenvalue weighted by Gasteiger charge is -2.21. The van der Waals surface area contributed by atoms with Crippen LogP contribution in [0.25, 0.3) is 0 Å². The van der Waals surface area contributed by atoms with Crippen LogP contribution in [0.15, 0.2) is 12.4 Å². The van der Waals surface area contributed by atoms with Crippen molar-refractivity contribution in [1.82, 2.24) is 5.32 Å². The molecule has 0 spiro atoms. The SMILES string of the molecule is CC(C)(C)OC(=O)N[C@@H](/C=C\F)CO. The third kappa shape index (κ3) is 6.42. The summed E-state index contributed by atoms with van der Waals surface area (Å²) in [6.45, 7) is 4.77. The van der Waals surface area contributed by atoms with Gasteiger partial charge in [-0.3, -0.25) is 0 Å². The molecule has 4 nitrogen and oxygen atoms in total. The molecular formula is C9H16FNO3. The van der Waals surface area contributed by atoms with Crippen molar-refractivity contribution in [2.75, 3.05) is 6.61 Å². The number of nitrogens with one attached hydrogen (secondary N) is 1. The van der Waals surface area contributed by atoms with Gasteiger partial charge in [0, 0.05) is 0 Å². The third-order valence-electron chi connectivity index (χ3n) is 1.20. The standard InChI is InChI=1S/C9H16FNO3/c1-9(2,3)14-8(13)11-7(6-12)4-5-10/h4-5,7,12H,6H2,1-3H3,(H,11,13)/b5-4-/t7-/m0/s1. The van der Waals surface area contributed by atoms with Crippen LogP contribution in [0.1, 0.15) is 20.8 Å². The highest BCUT2D eigenvalue weighted by Crippen LogP contribution is 2.06. The minimum absolute atomic E-state index is 0.262. The number of hydrogen-bond donors (Lipinski definition) is 2. The summed E-state index contributed by atoms with van der Waals surface area (Å²) < 4.78 is 16.6. The van der Waals surface area contributed by atoms with Crippen LogP contribution >= 0.6 is 0 Å². The first kappa shape index (κ1) is 12.9. The Hall–Kier alpha value is -1.10. The average Bonchev–Trinajstić information content (AvgIpc) is 2.00. The van der Waals surface area contributed by atoms with E-state index >= 15 is 0 Å². The van der Waals surface area contributed by atoms with Crippen LogP contribution in [0.5, 0.6) is 0 Å². The zero-order chi connectivity index (χ0) is 11.2. The average molecular weight is 205 g/mol. The van der Waals surface area contributed by atoms with Crippen molar-refractivity contribution in [2.45, 2.75) is 32.4 Å². The normalized spacial score (nSPS) is 14.1. The summed E-state index contributed by atoms with van der Waals surface area (Å²) in [7, 11) is 0. The Kier molecular flexibility index (Phi) is 5.15. The Balaban J connectivity index is 4.04. The number of carbonyl (C=O) groups excluding carboxylic acids is 1. The van der Waals surface area contributed by atoms with E-state index in [1.165, 1.54) is 0 Å². The highest BCUT2D eigenvalue weighted by molar-refractivity contribution is 5.68. The molecule has 0 bridgehead atoms. The molecule has 0 aromatic carbocycles. The molecule has 0 aliphatic rings. The van der Waals surface area contributed by atoms with Crippen molar-refractivity contribution in [1.29, 1.82) is 0 Å². The number of ether oxygens (including phenoxy) is 1. The number of halogens is 1. The molecule has 0 saturated heterocycles. The van der Waals surface area contributed by atoms with Gasteiger partial charge < -0.3 is 15.2 Å². The van der Waals surface area contributed by atoms with Crippen molar-refractivity contribution in [3.8, 4) is 0 Å². The highest BCUT2D eigenvalue weighted by Gasteiger charge is 2.17. The summed E-state index contributed by atoms with van der Waals surface area (Å²) in [5, 5.41) is 11.0. The second-order valence-electron chi connectivity index (χ2n) is 3.75. The van der Waals surface area contributed by atoms with Gasteiger partial charge >= 0.3 is 6.09 Å². The van der Waals surface area contributed by atoms with Gasteiger partial charge in [0.05, 0.1) is 19.0 Å². The van der Waals surface area contributed by atoms with E-state index in [0.29, 0.717) is 0 Å². The smallest absolute Gasteiger partial charge is 0.408 e. The molecule has 0 aliphatic heterocycles. The quantitative estimate of drug-likeness (QED) is 0.731. The number of aliphatic hydroxyl groups is 1. The van der Waals surface area contributed by atoms with Crippen LogP contribution in [-0.2, 0) is 4.74 Å². The van der Waals surface area contributed by atoms with Gasteiger partial charge in [0.2, 0.25) is 0 Å². The lowest BCUT2D eigenvalue weighted by atomic mass is 10.2. The topological polar surface area (TPSA) is 58.6 Å². The van der Waals surface area contributed by atoms with Crippen LogP contribution in [0, 0.1) is 0 Å². The maximum Gasteiger partial charge on any atom is 0.408 e. The molecule has 14 heavy (non-hydrogen) atoms. The maximum absolute atomic E-state index is 11.7.